The lowest BCUT2D eigenvalue weighted by atomic mass is 10.2. The van der Waals surface area contributed by atoms with Crippen LogP contribution in [0.4, 0.5) is 4.39 Å². The van der Waals surface area contributed by atoms with Crippen molar-refractivity contribution in [2.75, 3.05) is 0 Å². The van der Waals surface area contributed by atoms with Crippen LogP contribution in [0.5, 0.6) is 0 Å². The van der Waals surface area contributed by atoms with Gasteiger partial charge in [-0.2, -0.15) is 0 Å². The maximum atomic E-state index is 13.1. The molecule has 92 valence electrons. The molecule has 2 aromatic heterocycles. The zero-order valence-corrected chi connectivity index (χ0v) is 12.3. The number of fused-ring (bicyclic) bond motifs is 1. The van der Waals surface area contributed by atoms with Crippen LogP contribution in [-0.4, -0.2) is 5.11 Å². The van der Waals surface area contributed by atoms with Gasteiger partial charge in [0.2, 0.25) is 0 Å². The molecule has 1 unspecified atom stereocenters. The van der Waals surface area contributed by atoms with Gasteiger partial charge in [0.25, 0.3) is 0 Å². The van der Waals surface area contributed by atoms with Crippen LogP contribution >= 0.6 is 38.6 Å². The zero-order valence-electron chi connectivity index (χ0n) is 9.06. The molecule has 18 heavy (non-hydrogen) atoms. The first-order chi connectivity index (χ1) is 8.65. The van der Waals surface area contributed by atoms with Gasteiger partial charge >= 0.3 is 0 Å². The molecule has 5 heteroatoms. The van der Waals surface area contributed by atoms with E-state index < -0.39 is 6.10 Å². The van der Waals surface area contributed by atoms with Crippen LogP contribution in [0.2, 0.25) is 0 Å². The van der Waals surface area contributed by atoms with Gasteiger partial charge in [-0.25, -0.2) is 4.39 Å². The molecule has 3 aromatic rings. The highest BCUT2D eigenvalue weighted by Gasteiger charge is 2.17. The van der Waals surface area contributed by atoms with E-state index in [1.54, 1.807) is 6.07 Å². The van der Waals surface area contributed by atoms with Gasteiger partial charge in [0, 0.05) is 14.0 Å². The van der Waals surface area contributed by atoms with Crippen molar-refractivity contribution in [2.45, 2.75) is 6.10 Å². The molecule has 0 bridgehead atoms. The summed E-state index contributed by atoms with van der Waals surface area (Å²) in [5.41, 5.74) is 0. The fraction of sp³-hybridized carbons (Fsp3) is 0.0769. The summed E-state index contributed by atoms with van der Waals surface area (Å²) in [7, 11) is 0. The minimum atomic E-state index is -0.653. The molecular weight excluding hydrogens is 335 g/mol. The van der Waals surface area contributed by atoms with Gasteiger partial charge in [0.05, 0.1) is 4.88 Å². The third-order valence-corrected chi connectivity index (χ3v) is 5.75. The van der Waals surface area contributed by atoms with E-state index in [1.165, 1.54) is 34.8 Å². The van der Waals surface area contributed by atoms with Gasteiger partial charge in [-0.1, -0.05) is 0 Å². The second-order valence-corrected chi connectivity index (χ2v) is 6.78. The van der Waals surface area contributed by atoms with E-state index in [9.17, 15) is 9.50 Å². The Kier molecular flexibility index (Phi) is 3.23. The molecule has 1 nitrogen and oxygen atoms in total. The van der Waals surface area contributed by atoms with E-state index in [-0.39, 0.29) is 5.82 Å². The average Bonchev–Trinajstić information content (AvgIpc) is 2.93. The quantitative estimate of drug-likeness (QED) is 0.698. The standard InChI is InChI=1S/C13H8BrFOS2/c14-9-3-4-17-13(9)12(16)11-6-7-5-8(15)1-2-10(7)18-11/h1-6,12,16H. The van der Waals surface area contributed by atoms with Crippen LogP contribution in [0, 0.1) is 5.82 Å². The van der Waals surface area contributed by atoms with Crippen LogP contribution in [0.15, 0.2) is 40.2 Å². The summed E-state index contributed by atoms with van der Waals surface area (Å²) in [6, 6.07) is 8.44. The Bertz CT molecular complexity index is 704. The van der Waals surface area contributed by atoms with Crippen LogP contribution in [0.3, 0.4) is 0 Å². The van der Waals surface area contributed by atoms with Crippen molar-refractivity contribution in [3.8, 4) is 0 Å². The van der Waals surface area contributed by atoms with Crippen molar-refractivity contribution in [1.82, 2.24) is 0 Å². The van der Waals surface area contributed by atoms with E-state index in [0.29, 0.717) is 0 Å². The molecule has 0 aliphatic carbocycles. The number of benzene rings is 1. The van der Waals surface area contributed by atoms with Crippen molar-refractivity contribution >= 4 is 48.7 Å². The number of halogens is 2. The van der Waals surface area contributed by atoms with Crippen molar-refractivity contribution in [1.29, 1.82) is 0 Å². The topological polar surface area (TPSA) is 20.2 Å². The van der Waals surface area contributed by atoms with Gasteiger partial charge in [0.1, 0.15) is 11.9 Å². The van der Waals surface area contributed by atoms with Crippen molar-refractivity contribution in [3.05, 3.63) is 55.8 Å². The Hall–Kier alpha value is -0.750. The zero-order chi connectivity index (χ0) is 12.7. The molecule has 1 aromatic carbocycles. The Morgan fingerprint density at radius 3 is 2.78 bits per heavy atom. The fourth-order valence-electron chi connectivity index (χ4n) is 1.80. The molecule has 3 rings (SSSR count). The molecule has 1 atom stereocenters. The molecule has 0 aliphatic heterocycles. The highest BCUT2D eigenvalue weighted by molar-refractivity contribution is 9.10. The van der Waals surface area contributed by atoms with Gasteiger partial charge < -0.3 is 5.11 Å². The number of aliphatic hydroxyl groups excluding tert-OH is 1. The predicted octanol–water partition coefficient (Wildman–Crippen LogP) is 4.95. The van der Waals surface area contributed by atoms with Crippen molar-refractivity contribution in [2.24, 2.45) is 0 Å². The van der Waals surface area contributed by atoms with Gasteiger partial charge in [0.15, 0.2) is 0 Å². The van der Waals surface area contributed by atoms with Crippen LogP contribution in [0.25, 0.3) is 10.1 Å². The lowest BCUT2D eigenvalue weighted by molar-refractivity contribution is 0.227. The summed E-state index contributed by atoms with van der Waals surface area (Å²) in [6.07, 6.45) is -0.653. The van der Waals surface area contributed by atoms with E-state index in [2.05, 4.69) is 15.9 Å². The molecule has 0 spiro atoms. The highest BCUT2D eigenvalue weighted by atomic mass is 79.9. The first-order valence-corrected chi connectivity index (χ1v) is 7.74. The molecule has 0 saturated heterocycles. The molecular formula is C13H8BrFOS2. The smallest absolute Gasteiger partial charge is 0.123 e. The van der Waals surface area contributed by atoms with Crippen LogP contribution in [0.1, 0.15) is 15.9 Å². The van der Waals surface area contributed by atoms with Crippen molar-refractivity contribution in [3.63, 3.8) is 0 Å². The Balaban J connectivity index is 2.07. The predicted molar refractivity (Wildman–Crippen MR) is 77.9 cm³/mol. The van der Waals surface area contributed by atoms with E-state index in [0.717, 1.165) is 24.3 Å². The van der Waals surface area contributed by atoms with Crippen LogP contribution in [-0.2, 0) is 0 Å². The summed E-state index contributed by atoms with van der Waals surface area (Å²) in [6.45, 7) is 0. The average molecular weight is 343 g/mol. The molecule has 0 radical (unpaired) electrons. The first kappa shape index (κ1) is 12.3. The lowest BCUT2D eigenvalue weighted by Gasteiger charge is -2.06. The van der Waals surface area contributed by atoms with Gasteiger partial charge in [-0.05, 0) is 57.0 Å². The number of rotatable bonds is 2. The molecule has 2 heterocycles. The minimum absolute atomic E-state index is 0.251. The largest absolute Gasteiger partial charge is 0.382 e. The highest BCUT2D eigenvalue weighted by Crippen LogP contribution is 2.38. The second kappa shape index (κ2) is 4.74. The number of hydrogen-bond acceptors (Lipinski definition) is 3. The summed E-state index contributed by atoms with van der Waals surface area (Å²) < 4.78 is 15.0. The minimum Gasteiger partial charge on any atom is -0.382 e. The third kappa shape index (κ3) is 2.12. The maximum Gasteiger partial charge on any atom is 0.123 e. The summed E-state index contributed by atoms with van der Waals surface area (Å²) in [5.74, 6) is -0.251. The van der Waals surface area contributed by atoms with Crippen molar-refractivity contribution < 1.29 is 9.50 Å². The molecule has 0 saturated carbocycles. The van der Waals surface area contributed by atoms with E-state index in [4.69, 9.17) is 0 Å². The molecule has 0 amide bonds. The second-order valence-electron chi connectivity index (χ2n) is 3.87. The summed E-state index contributed by atoms with van der Waals surface area (Å²) >= 11 is 6.41. The Morgan fingerprint density at radius 1 is 1.22 bits per heavy atom. The molecule has 0 fully saturated rings. The first-order valence-electron chi connectivity index (χ1n) is 5.25. The van der Waals surface area contributed by atoms with Gasteiger partial charge in [-0.3, -0.25) is 0 Å². The Labute approximate surface area is 120 Å². The summed E-state index contributed by atoms with van der Waals surface area (Å²) in [5, 5.41) is 13.1. The molecule has 1 N–H and O–H groups in total. The Morgan fingerprint density at radius 2 is 2.06 bits per heavy atom. The van der Waals surface area contributed by atoms with E-state index in [1.807, 2.05) is 17.5 Å². The maximum absolute atomic E-state index is 13.1. The van der Waals surface area contributed by atoms with Crippen LogP contribution < -0.4 is 0 Å². The lowest BCUT2D eigenvalue weighted by Crippen LogP contribution is -1.93. The SMILES string of the molecule is OC(c1cc2cc(F)ccc2s1)c1sccc1Br. The number of hydrogen-bond donors (Lipinski definition) is 1. The van der Waals surface area contributed by atoms with Gasteiger partial charge in [-0.15, -0.1) is 22.7 Å². The molecule has 0 aliphatic rings. The number of thiophene rings is 2. The van der Waals surface area contributed by atoms with E-state index >= 15 is 0 Å². The monoisotopic (exact) mass is 342 g/mol. The normalized spacial score (nSPS) is 13.1. The summed E-state index contributed by atoms with van der Waals surface area (Å²) in [4.78, 5) is 1.71. The number of aliphatic hydroxyl groups is 1. The third-order valence-electron chi connectivity index (χ3n) is 2.66. The fourth-order valence-corrected chi connectivity index (χ4v) is 4.51.